The molecule has 29 heavy (non-hydrogen) atoms. The molecular formula is C24H23N3O2. The molecule has 1 aliphatic heterocycles. The van der Waals surface area contributed by atoms with Gasteiger partial charge in [-0.2, -0.15) is 0 Å². The maximum absolute atomic E-state index is 5.57. The number of rotatable bonds is 4. The molecule has 0 radical (unpaired) electrons. The zero-order valence-electron chi connectivity index (χ0n) is 16.5. The van der Waals surface area contributed by atoms with E-state index in [1.54, 1.807) is 14.2 Å². The van der Waals surface area contributed by atoms with Gasteiger partial charge in [0, 0.05) is 0 Å². The molecule has 2 heterocycles. The van der Waals surface area contributed by atoms with Crippen LogP contribution in [0.4, 0.5) is 5.95 Å². The summed E-state index contributed by atoms with van der Waals surface area (Å²) < 4.78 is 13.3. The van der Waals surface area contributed by atoms with Gasteiger partial charge in [-0.3, -0.25) is 0 Å². The summed E-state index contributed by atoms with van der Waals surface area (Å²) in [5.41, 5.74) is 4.56. The Labute approximate surface area is 169 Å². The molecule has 4 aromatic rings. The van der Waals surface area contributed by atoms with Gasteiger partial charge >= 0.3 is 0 Å². The largest absolute Gasteiger partial charge is 0.493 e. The number of para-hydroxylation sites is 2. The van der Waals surface area contributed by atoms with Gasteiger partial charge in [-0.25, -0.2) is 4.98 Å². The van der Waals surface area contributed by atoms with Crippen LogP contribution in [0, 0.1) is 0 Å². The zero-order chi connectivity index (χ0) is 19.8. The molecule has 1 N–H and O–H groups in total. The summed E-state index contributed by atoms with van der Waals surface area (Å²) in [5, 5.41) is 3.65. The van der Waals surface area contributed by atoms with Crippen LogP contribution in [0.25, 0.3) is 11.0 Å². The average Bonchev–Trinajstić information content (AvgIpc) is 3.17. The molecule has 5 heteroatoms. The van der Waals surface area contributed by atoms with Crippen molar-refractivity contribution in [1.29, 1.82) is 0 Å². The van der Waals surface area contributed by atoms with E-state index >= 15 is 0 Å². The van der Waals surface area contributed by atoms with Gasteiger partial charge in [0.25, 0.3) is 0 Å². The Morgan fingerprint density at radius 3 is 2.41 bits per heavy atom. The van der Waals surface area contributed by atoms with Crippen LogP contribution < -0.4 is 14.8 Å². The van der Waals surface area contributed by atoms with Gasteiger partial charge in [-0.1, -0.05) is 48.5 Å². The van der Waals surface area contributed by atoms with Crippen molar-refractivity contribution in [2.75, 3.05) is 19.5 Å². The molecule has 0 spiro atoms. The van der Waals surface area contributed by atoms with Crippen LogP contribution in [0.2, 0.25) is 0 Å². The number of methoxy groups -OCH3 is 2. The average molecular weight is 385 g/mol. The Bertz CT molecular complexity index is 1150. The summed E-state index contributed by atoms with van der Waals surface area (Å²) in [6.45, 7) is 0. The predicted octanol–water partition coefficient (Wildman–Crippen LogP) is 5.20. The molecule has 0 unspecified atom stereocenters. The van der Waals surface area contributed by atoms with Crippen LogP contribution in [-0.4, -0.2) is 23.8 Å². The summed E-state index contributed by atoms with van der Waals surface area (Å²) in [6.07, 6.45) is 0.910. The minimum Gasteiger partial charge on any atom is -0.493 e. The maximum Gasteiger partial charge on any atom is 0.204 e. The van der Waals surface area contributed by atoms with Gasteiger partial charge in [0.1, 0.15) is 0 Å². The minimum atomic E-state index is 0.128. The Hall–Kier alpha value is -3.47. The van der Waals surface area contributed by atoms with Crippen molar-refractivity contribution in [3.05, 3.63) is 83.9 Å². The van der Waals surface area contributed by atoms with E-state index in [9.17, 15) is 0 Å². The number of ether oxygens (including phenoxy) is 2. The van der Waals surface area contributed by atoms with E-state index < -0.39 is 0 Å². The molecule has 0 aliphatic carbocycles. The van der Waals surface area contributed by atoms with Crippen LogP contribution in [0.15, 0.2) is 72.8 Å². The lowest BCUT2D eigenvalue weighted by Crippen LogP contribution is -2.27. The minimum absolute atomic E-state index is 0.128. The van der Waals surface area contributed by atoms with Crippen molar-refractivity contribution in [1.82, 2.24) is 9.55 Å². The van der Waals surface area contributed by atoms with Gasteiger partial charge in [0.15, 0.2) is 11.5 Å². The Balaban J connectivity index is 1.67. The molecule has 2 atom stereocenters. The molecule has 0 amide bonds. The lowest BCUT2D eigenvalue weighted by Gasteiger charge is -2.33. The second-order valence-electron chi connectivity index (χ2n) is 7.27. The predicted molar refractivity (Wildman–Crippen MR) is 115 cm³/mol. The van der Waals surface area contributed by atoms with Gasteiger partial charge in [0.05, 0.1) is 37.3 Å². The first-order chi connectivity index (χ1) is 14.3. The lowest BCUT2D eigenvalue weighted by molar-refractivity contribution is 0.353. The Morgan fingerprint density at radius 1 is 0.862 bits per heavy atom. The number of nitrogens with zero attached hydrogens (tertiary/aromatic N) is 2. The van der Waals surface area contributed by atoms with Crippen molar-refractivity contribution in [3.8, 4) is 11.5 Å². The van der Waals surface area contributed by atoms with Gasteiger partial charge < -0.3 is 19.4 Å². The molecule has 1 aliphatic rings. The number of hydrogen-bond acceptors (Lipinski definition) is 4. The van der Waals surface area contributed by atoms with Crippen molar-refractivity contribution >= 4 is 17.0 Å². The third-order valence-electron chi connectivity index (χ3n) is 5.66. The van der Waals surface area contributed by atoms with Crippen LogP contribution in [0.3, 0.4) is 0 Å². The van der Waals surface area contributed by atoms with Crippen molar-refractivity contribution < 1.29 is 9.47 Å². The third-order valence-corrected chi connectivity index (χ3v) is 5.66. The number of fused-ring (bicyclic) bond motifs is 3. The molecule has 5 rings (SSSR count). The van der Waals surface area contributed by atoms with Crippen molar-refractivity contribution in [2.45, 2.75) is 18.5 Å². The zero-order valence-corrected chi connectivity index (χ0v) is 16.5. The first-order valence-electron chi connectivity index (χ1n) is 9.79. The molecular weight excluding hydrogens is 362 g/mol. The smallest absolute Gasteiger partial charge is 0.204 e. The SMILES string of the molecule is COc1ccc([C@@H]2C[C@@H](c3ccccc3)Nc3nc4ccccc4n32)cc1OC. The summed E-state index contributed by atoms with van der Waals surface area (Å²) in [7, 11) is 3.34. The highest BCUT2D eigenvalue weighted by Gasteiger charge is 2.31. The van der Waals surface area contributed by atoms with E-state index in [0.29, 0.717) is 0 Å². The van der Waals surface area contributed by atoms with Crippen molar-refractivity contribution in [3.63, 3.8) is 0 Å². The van der Waals surface area contributed by atoms with Crippen molar-refractivity contribution in [2.24, 2.45) is 0 Å². The van der Waals surface area contributed by atoms with Gasteiger partial charge in [0.2, 0.25) is 5.95 Å². The topological polar surface area (TPSA) is 48.3 Å². The first-order valence-corrected chi connectivity index (χ1v) is 9.79. The van der Waals surface area contributed by atoms with Gasteiger partial charge in [-0.15, -0.1) is 0 Å². The number of aromatic nitrogens is 2. The molecule has 0 bridgehead atoms. The maximum atomic E-state index is 5.57. The number of hydrogen-bond donors (Lipinski definition) is 1. The number of imidazole rings is 1. The molecule has 1 aromatic heterocycles. The van der Waals surface area contributed by atoms with E-state index in [1.807, 2.05) is 18.2 Å². The number of benzene rings is 3. The molecule has 0 fully saturated rings. The summed E-state index contributed by atoms with van der Waals surface area (Å²) >= 11 is 0. The molecule has 146 valence electrons. The number of nitrogens with one attached hydrogen (secondary N) is 1. The quantitative estimate of drug-likeness (QED) is 0.525. The Morgan fingerprint density at radius 2 is 1.62 bits per heavy atom. The molecule has 3 aromatic carbocycles. The monoisotopic (exact) mass is 385 g/mol. The first kappa shape index (κ1) is 17.6. The third kappa shape index (κ3) is 2.99. The van der Waals surface area contributed by atoms with E-state index in [0.717, 1.165) is 34.9 Å². The fourth-order valence-corrected chi connectivity index (χ4v) is 4.26. The summed E-state index contributed by atoms with van der Waals surface area (Å²) in [6, 6.07) is 25.3. The normalized spacial score (nSPS) is 18.1. The molecule has 5 nitrogen and oxygen atoms in total. The van der Waals surface area contributed by atoms with Crippen LogP contribution in [-0.2, 0) is 0 Å². The Kier molecular flexibility index (Phi) is 4.35. The van der Waals surface area contributed by atoms with Crippen LogP contribution in [0.5, 0.6) is 11.5 Å². The standard InChI is InChI=1S/C24H23N3O2/c1-28-22-13-12-17(14-23(22)29-2)21-15-19(16-8-4-3-5-9-16)26-24-25-18-10-6-7-11-20(18)27(21)24/h3-14,19,21H,15H2,1-2H3,(H,25,26)/t19-,21-/m0/s1. The number of anilines is 1. The van der Waals surface area contributed by atoms with E-state index in [-0.39, 0.29) is 12.1 Å². The molecule has 0 saturated carbocycles. The lowest BCUT2D eigenvalue weighted by atomic mass is 9.92. The molecule has 0 saturated heterocycles. The summed E-state index contributed by atoms with van der Waals surface area (Å²) in [5.74, 6) is 2.37. The highest BCUT2D eigenvalue weighted by atomic mass is 16.5. The highest BCUT2D eigenvalue weighted by molar-refractivity contribution is 5.79. The second kappa shape index (κ2) is 7.17. The van der Waals surface area contributed by atoms with E-state index in [2.05, 4.69) is 64.5 Å². The van der Waals surface area contributed by atoms with E-state index in [4.69, 9.17) is 14.5 Å². The van der Waals surface area contributed by atoms with E-state index in [1.165, 1.54) is 11.1 Å². The van der Waals surface area contributed by atoms with Crippen LogP contribution >= 0.6 is 0 Å². The fraction of sp³-hybridized carbons (Fsp3) is 0.208. The van der Waals surface area contributed by atoms with Crippen LogP contribution in [0.1, 0.15) is 29.6 Å². The van der Waals surface area contributed by atoms with Gasteiger partial charge in [-0.05, 0) is 41.8 Å². The second-order valence-corrected chi connectivity index (χ2v) is 7.27. The highest BCUT2D eigenvalue weighted by Crippen LogP contribution is 2.42. The summed E-state index contributed by atoms with van der Waals surface area (Å²) in [4.78, 5) is 4.88. The fourth-order valence-electron chi connectivity index (χ4n) is 4.26.